The van der Waals surface area contributed by atoms with Crippen LogP contribution in [0.5, 0.6) is 0 Å². The van der Waals surface area contributed by atoms with Crippen molar-refractivity contribution in [3.8, 4) is 0 Å². The minimum absolute atomic E-state index is 0. The van der Waals surface area contributed by atoms with Crippen LogP contribution >= 0.6 is 11.3 Å². The van der Waals surface area contributed by atoms with Crippen LogP contribution in [-0.2, 0) is 12.6 Å². The Balaban J connectivity index is 0.00000112. The van der Waals surface area contributed by atoms with Gasteiger partial charge >= 0.3 is 51.4 Å². The van der Waals surface area contributed by atoms with Crippen LogP contribution in [0.1, 0.15) is 10.4 Å². The molecule has 2 aromatic heterocycles. The summed E-state index contributed by atoms with van der Waals surface area (Å²) in [5, 5.41) is 0.715. The number of aryl methyl sites for hydroxylation is 2. The molecular weight excluding hydrogens is 257 g/mol. The second kappa shape index (κ2) is 4.78. The van der Waals surface area contributed by atoms with E-state index >= 15 is 0 Å². The first-order chi connectivity index (χ1) is 6.52. The van der Waals surface area contributed by atoms with Gasteiger partial charge in [0.15, 0.2) is 0 Å². The molecule has 2 aromatic rings. The summed E-state index contributed by atoms with van der Waals surface area (Å²) in [7, 11) is 0. The summed E-state index contributed by atoms with van der Waals surface area (Å²) in [4.78, 5) is 17.6. The van der Waals surface area contributed by atoms with E-state index in [2.05, 4.69) is 4.98 Å². The molecule has 0 radical (unpaired) electrons. The zero-order valence-electron chi connectivity index (χ0n) is 8.70. The van der Waals surface area contributed by atoms with E-state index in [1.165, 1.54) is 11.3 Å². The molecule has 15 heavy (non-hydrogen) atoms. The molecule has 0 unspecified atom stereocenters. The van der Waals surface area contributed by atoms with Gasteiger partial charge in [0.05, 0.1) is 5.39 Å². The number of thiophene rings is 1. The number of rotatable bonds is 0. The molecule has 0 amide bonds. The fraction of sp³-hybridized carbons (Fsp3) is 0.250. The van der Waals surface area contributed by atoms with Gasteiger partial charge in [-0.15, -0.1) is 11.3 Å². The second-order valence-corrected chi connectivity index (χ2v) is 4.60. The van der Waals surface area contributed by atoms with Crippen LogP contribution in [0, 0.1) is 13.8 Å². The average Bonchev–Trinajstić information content (AvgIpc) is 2.39. The van der Waals surface area contributed by atoms with Gasteiger partial charge in [0, 0.05) is 10.0 Å². The van der Waals surface area contributed by atoms with Crippen molar-refractivity contribution >= 4 is 34.2 Å². The summed E-state index contributed by atoms with van der Waals surface area (Å²) in [5.74, 6) is 5.47. The molecule has 0 spiro atoms. The molecule has 0 fully saturated rings. The van der Waals surface area contributed by atoms with E-state index in [0.717, 1.165) is 15.1 Å². The van der Waals surface area contributed by atoms with Gasteiger partial charge in [-0.2, -0.15) is 0 Å². The first kappa shape index (κ1) is 13.6. The van der Waals surface area contributed by atoms with Crippen molar-refractivity contribution in [3.63, 3.8) is 0 Å². The standard InChI is InChI=1S/C8H9N3OS2.K/c1-3-4(2)14-6-5(3)7(12)11(9)8(13)10-6;/h9H2,1-2H3,(H,10,13);/q;+1/p-1. The van der Waals surface area contributed by atoms with Crippen molar-refractivity contribution < 1.29 is 51.4 Å². The van der Waals surface area contributed by atoms with Crippen molar-refractivity contribution in [2.24, 2.45) is 0 Å². The number of fused-ring (bicyclic) bond motifs is 1. The second-order valence-electron chi connectivity index (χ2n) is 3.03. The summed E-state index contributed by atoms with van der Waals surface area (Å²) < 4.78 is 0.914. The smallest absolute Gasteiger partial charge is 0.740 e. The number of nitrogen functional groups attached to an aromatic ring is 1. The normalized spacial score (nSPS) is 10.3. The van der Waals surface area contributed by atoms with Crippen LogP contribution in [0.15, 0.2) is 9.95 Å². The third kappa shape index (κ3) is 2.14. The molecule has 74 valence electrons. The van der Waals surface area contributed by atoms with Crippen LogP contribution in [0.3, 0.4) is 0 Å². The molecule has 0 saturated carbocycles. The van der Waals surface area contributed by atoms with Crippen LogP contribution in [-0.4, -0.2) is 9.66 Å². The maximum Gasteiger partial charge on any atom is 1.00 e. The zero-order chi connectivity index (χ0) is 10.5. The Hall–Kier alpha value is 0.496. The van der Waals surface area contributed by atoms with Gasteiger partial charge in [-0.25, -0.2) is 9.66 Å². The molecule has 7 heteroatoms. The summed E-state index contributed by atoms with van der Waals surface area (Å²) >= 11 is 6.32. The molecule has 0 aromatic carbocycles. The van der Waals surface area contributed by atoms with E-state index in [9.17, 15) is 4.79 Å². The first-order valence-corrected chi connectivity index (χ1v) is 5.19. The van der Waals surface area contributed by atoms with Crippen LogP contribution in [0.2, 0.25) is 0 Å². The largest absolute Gasteiger partial charge is 1.00 e. The summed E-state index contributed by atoms with van der Waals surface area (Å²) in [5.41, 5.74) is 0.679. The summed E-state index contributed by atoms with van der Waals surface area (Å²) in [6, 6.07) is 0. The molecule has 0 aliphatic carbocycles. The monoisotopic (exact) mass is 265 g/mol. The van der Waals surface area contributed by atoms with E-state index in [1.807, 2.05) is 13.8 Å². The Morgan fingerprint density at radius 1 is 1.47 bits per heavy atom. The van der Waals surface area contributed by atoms with Gasteiger partial charge in [0.1, 0.15) is 4.83 Å². The fourth-order valence-corrected chi connectivity index (χ4v) is 2.54. The molecule has 2 rings (SSSR count). The SMILES string of the molecule is Cc1sc2nc([S-])n(N)c(=O)c2c1C.[K+]. The minimum atomic E-state index is -0.262. The van der Waals surface area contributed by atoms with E-state index in [-0.39, 0.29) is 62.1 Å². The Morgan fingerprint density at radius 2 is 2.07 bits per heavy atom. The molecule has 2 heterocycles. The van der Waals surface area contributed by atoms with E-state index in [4.69, 9.17) is 18.5 Å². The molecule has 0 atom stereocenters. The number of hydrogen-bond acceptors (Lipinski definition) is 5. The Morgan fingerprint density at radius 3 is 2.67 bits per heavy atom. The third-order valence-corrected chi connectivity index (χ3v) is 3.59. The van der Waals surface area contributed by atoms with Crippen molar-refractivity contribution in [1.82, 2.24) is 9.66 Å². The minimum Gasteiger partial charge on any atom is -0.740 e. The number of aromatic nitrogens is 2. The van der Waals surface area contributed by atoms with Crippen molar-refractivity contribution in [2.75, 3.05) is 5.84 Å². The maximum absolute atomic E-state index is 11.7. The number of hydrogen-bond donors (Lipinski definition) is 1. The number of nitrogens with zero attached hydrogens (tertiary/aromatic N) is 2. The molecular formula is C8H8KN3OS2. The molecule has 0 aliphatic rings. The van der Waals surface area contributed by atoms with Gasteiger partial charge in [-0.05, 0) is 19.4 Å². The molecule has 0 aliphatic heterocycles. The third-order valence-electron chi connectivity index (χ3n) is 2.20. The molecule has 0 saturated heterocycles. The van der Waals surface area contributed by atoms with Gasteiger partial charge in [-0.3, -0.25) is 4.79 Å². The predicted octanol–water partition coefficient (Wildman–Crippen LogP) is -2.30. The fourth-order valence-electron chi connectivity index (χ4n) is 1.29. The first-order valence-electron chi connectivity index (χ1n) is 3.97. The Kier molecular flexibility index (Phi) is 4.32. The number of nitrogens with two attached hydrogens (primary N) is 1. The van der Waals surface area contributed by atoms with Crippen molar-refractivity contribution in [1.29, 1.82) is 0 Å². The van der Waals surface area contributed by atoms with Gasteiger partial charge in [0.25, 0.3) is 5.56 Å². The van der Waals surface area contributed by atoms with Crippen LogP contribution < -0.4 is 62.8 Å². The molecule has 0 bridgehead atoms. The van der Waals surface area contributed by atoms with Gasteiger partial charge in [0.2, 0.25) is 0 Å². The van der Waals surface area contributed by atoms with Crippen molar-refractivity contribution in [3.05, 3.63) is 20.8 Å². The molecule has 4 nitrogen and oxygen atoms in total. The van der Waals surface area contributed by atoms with Gasteiger partial charge in [-0.1, -0.05) is 0 Å². The quantitative estimate of drug-likeness (QED) is 0.252. The molecule has 2 N–H and O–H groups in total. The average molecular weight is 265 g/mol. The topological polar surface area (TPSA) is 60.9 Å². The van der Waals surface area contributed by atoms with E-state index < -0.39 is 0 Å². The zero-order valence-corrected chi connectivity index (χ0v) is 13.5. The van der Waals surface area contributed by atoms with E-state index in [0.29, 0.717) is 10.2 Å². The summed E-state index contributed by atoms with van der Waals surface area (Å²) in [6.07, 6.45) is 0. The Bertz CT molecular complexity index is 575. The van der Waals surface area contributed by atoms with Crippen LogP contribution in [0.25, 0.3) is 10.2 Å². The predicted molar refractivity (Wildman–Crippen MR) is 59.1 cm³/mol. The van der Waals surface area contributed by atoms with Gasteiger partial charge < -0.3 is 18.5 Å². The van der Waals surface area contributed by atoms with Crippen LogP contribution in [0.4, 0.5) is 0 Å². The maximum atomic E-state index is 11.7. The van der Waals surface area contributed by atoms with E-state index in [1.54, 1.807) is 0 Å². The summed E-state index contributed by atoms with van der Waals surface area (Å²) in [6.45, 7) is 3.84. The van der Waals surface area contributed by atoms with Crippen molar-refractivity contribution in [2.45, 2.75) is 19.0 Å². The Labute approximate surface area is 139 Å².